The summed E-state index contributed by atoms with van der Waals surface area (Å²) in [6.07, 6.45) is 3.31. The molecule has 3 aromatic heterocycles. The van der Waals surface area contributed by atoms with Crippen molar-refractivity contribution in [3.63, 3.8) is 0 Å². The number of benzene rings is 1. The highest BCUT2D eigenvalue weighted by Gasteiger charge is 2.17. The number of rotatable bonds is 4. The fraction of sp³-hybridized carbons (Fsp3) is 0.0526. The molecule has 4 rings (SSSR count). The van der Waals surface area contributed by atoms with Gasteiger partial charge in [0.25, 0.3) is 0 Å². The van der Waals surface area contributed by atoms with E-state index in [9.17, 15) is 4.79 Å². The number of nitrogens with zero attached hydrogens (tertiary/aromatic N) is 4. The van der Waals surface area contributed by atoms with E-state index >= 15 is 0 Å². The molecule has 0 saturated carbocycles. The summed E-state index contributed by atoms with van der Waals surface area (Å²) in [5.74, 6) is 0.151. The van der Waals surface area contributed by atoms with Crippen LogP contribution in [0.2, 0.25) is 0 Å². The minimum Gasteiger partial charge on any atom is -0.481 e. The number of carbonyl (C=O) groups is 1. The van der Waals surface area contributed by atoms with E-state index in [1.165, 1.54) is 0 Å². The minimum atomic E-state index is -0.865. The average molecular weight is 345 g/mol. The smallest absolute Gasteiger partial charge is 0.307 e. The molecule has 0 amide bonds. The molecule has 0 radical (unpaired) electrons. The van der Waals surface area contributed by atoms with Crippen LogP contribution in [-0.4, -0.2) is 30.6 Å². The van der Waals surface area contributed by atoms with Crippen molar-refractivity contribution >= 4 is 23.0 Å². The first-order valence-electron chi connectivity index (χ1n) is 7.99. The molecule has 0 bridgehead atoms. The summed E-state index contributed by atoms with van der Waals surface area (Å²) in [4.78, 5) is 24.2. The number of anilines is 1. The average Bonchev–Trinajstić information content (AvgIpc) is 3.01. The van der Waals surface area contributed by atoms with Gasteiger partial charge in [0, 0.05) is 18.1 Å². The van der Waals surface area contributed by atoms with Crippen LogP contribution in [0.1, 0.15) is 5.56 Å². The van der Waals surface area contributed by atoms with E-state index < -0.39 is 5.97 Å². The van der Waals surface area contributed by atoms with E-state index in [2.05, 4.69) is 15.0 Å². The Bertz CT molecular complexity index is 1100. The van der Waals surface area contributed by atoms with E-state index in [4.69, 9.17) is 10.8 Å². The van der Waals surface area contributed by atoms with Crippen molar-refractivity contribution in [3.8, 4) is 17.1 Å². The van der Waals surface area contributed by atoms with Crippen LogP contribution in [0, 0.1) is 0 Å². The van der Waals surface area contributed by atoms with E-state index in [1.807, 2.05) is 34.9 Å². The topological polar surface area (TPSA) is 107 Å². The number of nitrogens with two attached hydrogens (primary N) is 1. The predicted octanol–water partition coefficient (Wildman–Crippen LogP) is 2.69. The number of nitrogen functional groups attached to an aromatic ring is 1. The molecule has 0 aliphatic rings. The Balaban J connectivity index is 1.92. The first-order valence-corrected chi connectivity index (χ1v) is 7.99. The summed E-state index contributed by atoms with van der Waals surface area (Å²) < 4.78 is 1.90. The molecule has 1 aromatic carbocycles. The van der Waals surface area contributed by atoms with Crippen molar-refractivity contribution in [2.45, 2.75) is 6.42 Å². The van der Waals surface area contributed by atoms with E-state index in [0.717, 1.165) is 16.8 Å². The highest BCUT2D eigenvalue weighted by Crippen LogP contribution is 2.30. The number of imidazole rings is 1. The van der Waals surface area contributed by atoms with E-state index in [1.54, 1.807) is 30.6 Å². The third-order valence-corrected chi connectivity index (χ3v) is 4.05. The molecule has 7 heteroatoms. The molecule has 26 heavy (non-hydrogen) atoms. The van der Waals surface area contributed by atoms with Gasteiger partial charge in [0.15, 0.2) is 11.5 Å². The second-order valence-corrected chi connectivity index (χ2v) is 5.79. The monoisotopic (exact) mass is 345 g/mol. The van der Waals surface area contributed by atoms with Gasteiger partial charge in [-0.05, 0) is 42.0 Å². The van der Waals surface area contributed by atoms with Crippen LogP contribution >= 0.6 is 0 Å². The number of hydrogen-bond donors (Lipinski definition) is 2. The Hall–Kier alpha value is -3.74. The van der Waals surface area contributed by atoms with Gasteiger partial charge in [-0.15, -0.1) is 0 Å². The molecule has 7 nitrogen and oxygen atoms in total. The highest BCUT2D eigenvalue weighted by molar-refractivity contribution is 5.82. The van der Waals surface area contributed by atoms with Crippen molar-refractivity contribution in [1.82, 2.24) is 19.5 Å². The lowest BCUT2D eigenvalue weighted by molar-refractivity contribution is -0.136. The number of aromatic nitrogens is 4. The lowest BCUT2D eigenvalue weighted by Crippen LogP contribution is -2.03. The maximum absolute atomic E-state index is 10.9. The largest absolute Gasteiger partial charge is 0.481 e. The SMILES string of the molecule is Nc1ncccc1-c1nc2cccnc2n1-c1ccc(CC(=O)O)cc1. The van der Waals surface area contributed by atoms with Crippen LogP contribution in [0.3, 0.4) is 0 Å². The van der Waals surface area contributed by atoms with E-state index in [0.29, 0.717) is 22.9 Å². The molecule has 0 atom stereocenters. The number of carboxylic acid groups (broad SMARTS) is 1. The first-order chi connectivity index (χ1) is 12.6. The highest BCUT2D eigenvalue weighted by atomic mass is 16.4. The molecule has 0 unspecified atom stereocenters. The van der Waals surface area contributed by atoms with Crippen LogP contribution in [0.5, 0.6) is 0 Å². The van der Waals surface area contributed by atoms with Crippen LogP contribution in [0.25, 0.3) is 28.2 Å². The van der Waals surface area contributed by atoms with Gasteiger partial charge in [-0.1, -0.05) is 12.1 Å². The van der Waals surface area contributed by atoms with Crippen LogP contribution in [0.15, 0.2) is 60.9 Å². The number of carboxylic acids is 1. The van der Waals surface area contributed by atoms with Crippen LogP contribution < -0.4 is 5.73 Å². The number of aliphatic carboxylic acids is 1. The summed E-state index contributed by atoms with van der Waals surface area (Å²) in [6.45, 7) is 0. The van der Waals surface area contributed by atoms with Gasteiger partial charge in [0.05, 0.1) is 12.0 Å². The zero-order valence-electron chi connectivity index (χ0n) is 13.7. The zero-order valence-corrected chi connectivity index (χ0v) is 13.7. The Morgan fingerprint density at radius 3 is 2.50 bits per heavy atom. The van der Waals surface area contributed by atoms with Gasteiger partial charge < -0.3 is 10.8 Å². The molecule has 0 saturated heterocycles. The molecule has 0 aliphatic heterocycles. The normalized spacial score (nSPS) is 10.9. The lowest BCUT2D eigenvalue weighted by atomic mass is 10.1. The second-order valence-electron chi connectivity index (χ2n) is 5.79. The minimum absolute atomic E-state index is 0.0222. The molecule has 128 valence electrons. The quantitative estimate of drug-likeness (QED) is 0.589. The molecule has 0 spiro atoms. The molecule has 0 fully saturated rings. The number of pyridine rings is 2. The third-order valence-electron chi connectivity index (χ3n) is 4.05. The maximum Gasteiger partial charge on any atom is 0.307 e. The van der Waals surface area contributed by atoms with Crippen LogP contribution in [0.4, 0.5) is 5.82 Å². The standard InChI is InChI=1S/C19H15N5O2/c20-17-14(3-1-9-21-17)18-23-15-4-2-10-22-19(15)24(18)13-7-5-12(6-8-13)11-16(25)26/h1-10H,11H2,(H2,20,21)(H,25,26). The molecular weight excluding hydrogens is 330 g/mol. The number of fused-ring (bicyclic) bond motifs is 1. The van der Waals surface area contributed by atoms with Crippen molar-refractivity contribution in [2.24, 2.45) is 0 Å². The Morgan fingerprint density at radius 1 is 1.04 bits per heavy atom. The van der Waals surface area contributed by atoms with Crippen molar-refractivity contribution in [1.29, 1.82) is 0 Å². The summed E-state index contributed by atoms with van der Waals surface area (Å²) >= 11 is 0. The fourth-order valence-electron chi connectivity index (χ4n) is 2.88. The lowest BCUT2D eigenvalue weighted by Gasteiger charge is -2.10. The van der Waals surface area contributed by atoms with E-state index in [-0.39, 0.29) is 6.42 Å². The zero-order chi connectivity index (χ0) is 18.1. The number of hydrogen-bond acceptors (Lipinski definition) is 5. The van der Waals surface area contributed by atoms with Gasteiger partial charge >= 0.3 is 5.97 Å². The summed E-state index contributed by atoms with van der Waals surface area (Å²) in [6, 6.07) is 14.6. The molecular formula is C19H15N5O2. The summed E-state index contributed by atoms with van der Waals surface area (Å²) in [7, 11) is 0. The van der Waals surface area contributed by atoms with Crippen molar-refractivity contribution in [2.75, 3.05) is 5.73 Å². The van der Waals surface area contributed by atoms with Crippen molar-refractivity contribution < 1.29 is 9.90 Å². The van der Waals surface area contributed by atoms with Gasteiger partial charge in [0.1, 0.15) is 11.3 Å². The predicted molar refractivity (Wildman–Crippen MR) is 97.8 cm³/mol. The Morgan fingerprint density at radius 2 is 1.77 bits per heavy atom. The van der Waals surface area contributed by atoms with Crippen molar-refractivity contribution in [3.05, 3.63) is 66.5 Å². The molecule has 3 N–H and O–H groups in total. The molecule has 4 aromatic rings. The van der Waals surface area contributed by atoms with Gasteiger partial charge in [-0.3, -0.25) is 9.36 Å². The summed E-state index contributed by atoms with van der Waals surface area (Å²) in [5.41, 5.74) is 9.73. The molecule has 0 aliphatic carbocycles. The maximum atomic E-state index is 10.9. The van der Waals surface area contributed by atoms with Gasteiger partial charge in [-0.25, -0.2) is 15.0 Å². The fourth-order valence-corrected chi connectivity index (χ4v) is 2.88. The Labute approximate surface area is 148 Å². The molecule has 3 heterocycles. The first kappa shape index (κ1) is 15.8. The van der Waals surface area contributed by atoms with Gasteiger partial charge in [-0.2, -0.15) is 0 Å². The van der Waals surface area contributed by atoms with Gasteiger partial charge in [0.2, 0.25) is 0 Å². The summed E-state index contributed by atoms with van der Waals surface area (Å²) in [5, 5.41) is 8.94. The third kappa shape index (κ3) is 2.75. The Kier molecular flexibility index (Phi) is 3.81. The van der Waals surface area contributed by atoms with Crippen LogP contribution in [-0.2, 0) is 11.2 Å². The second kappa shape index (κ2) is 6.29.